The summed E-state index contributed by atoms with van der Waals surface area (Å²) in [6.45, 7) is 4.07. The Labute approximate surface area is 126 Å². The van der Waals surface area contributed by atoms with E-state index in [4.69, 9.17) is 5.11 Å². The highest BCUT2D eigenvalue weighted by Gasteiger charge is 2.26. The molecule has 0 aromatic heterocycles. The van der Waals surface area contributed by atoms with Crippen LogP contribution in [0, 0.1) is 5.92 Å². The standard InChI is InChI=1S/C17H25NO3/c1-2-4-13-6-8-14(9-7-13)16(19)12-18-10-3-5-15(11-18)17(20)21/h6-9,15-16,19H,2-5,10-12H2,1H3,(H,20,21). The molecule has 1 fully saturated rings. The summed E-state index contributed by atoms with van der Waals surface area (Å²) < 4.78 is 0. The van der Waals surface area contributed by atoms with Crippen molar-refractivity contribution in [2.45, 2.75) is 38.7 Å². The number of rotatable bonds is 6. The summed E-state index contributed by atoms with van der Waals surface area (Å²) >= 11 is 0. The summed E-state index contributed by atoms with van der Waals surface area (Å²) in [5.41, 5.74) is 2.20. The highest BCUT2D eigenvalue weighted by atomic mass is 16.4. The number of benzene rings is 1. The smallest absolute Gasteiger partial charge is 0.307 e. The molecule has 0 saturated carbocycles. The first kappa shape index (κ1) is 16.0. The van der Waals surface area contributed by atoms with E-state index in [1.807, 2.05) is 12.1 Å². The van der Waals surface area contributed by atoms with Crippen LogP contribution < -0.4 is 0 Å². The number of carbonyl (C=O) groups is 1. The first-order valence-corrected chi connectivity index (χ1v) is 7.82. The van der Waals surface area contributed by atoms with Gasteiger partial charge in [-0.1, -0.05) is 37.6 Å². The number of nitrogens with zero attached hydrogens (tertiary/aromatic N) is 1. The lowest BCUT2D eigenvalue weighted by Crippen LogP contribution is -2.40. The Morgan fingerprint density at radius 2 is 2.10 bits per heavy atom. The molecule has 0 aliphatic carbocycles. The fraction of sp³-hybridized carbons (Fsp3) is 0.588. The van der Waals surface area contributed by atoms with Gasteiger partial charge in [0.2, 0.25) is 0 Å². The molecule has 116 valence electrons. The van der Waals surface area contributed by atoms with Gasteiger partial charge in [-0.2, -0.15) is 0 Å². The minimum atomic E-state index is -0.724. The molecule has 4 nitrogen and oxygen atoms in total. The molecule has 1 aliphatic rings. The van der Waals surface area contributed by atoms with Crippen LogP contribution >= 0.6 is 0 Å². The van der Waals surface area contributed by atoms with Crippen molar-refractivity contribution in [3.63, 3.8) is 0 Å². The number of aliphatic hydroxyl groups is 1. The summed E-state index contributed by atoms with van der Waals surface area (Å²) in [4.78, 5) is 13.1. The predicted molar refractivity (Wildman–Crippen MR) is 82.2 cm³/mol. The summed E-state index contributed by atoms with van der Waals surface area (Å²) in [7, 11) is 0. The first-order chi connectivity index (χ1) is 10.1. The molecule has 1 aliphatic heterocycles. The second-order valence-corrected chi connectivity index (χ2v) is 5.94. The van der Waals surface area contributed by atoms with Crippen molar-refractivity contribution in [3.8, 4) is 0 Å². The number of carboxylic acid groups (broad SMARTS) is 1. The third-order valence-electron chi connectivity index (χ3n) is 4.19. The SMILES string of the molecule is CCCc1ccc(C(O)CN2CCCC(C(=O)O)C2)cc1. The largest absolute Gasteiger partial charge is 0.481 e. The van der Waals surface area contributed by atoms with E-state index in [1.165, 1.54) is 5.56 Å². The highest BCUT2D eigenvalue weighted by Crippen LogP contribution is 2.21. The Morgan fingerprint density at radius 3 is 2.71 bits per heavy atom. The van der Waals surface area contributed by atoms with E-state index >= 15 is 0 Å². The summed E-state index contributed by atoms with van der Waals surface area (Å²) in [5.74, 6) is -1.02. The van der Waals surface area contributed by atoms with Gasteiger partial charge in [0.25, 0.3) is 0 Å². The van der Waals surface area contributed by atoms with Crippen molar-refractivity contribution in [1.29, 1.82) is 0 Å². The molecular weight excluding hydrogens is 266 g/mol. The predicted octanol–water partition coefficient (Wildman–Crippen LogP) is 2.47. The molecule has 1 aromatic carbocycles. The van der Waals surface area contributed by atoms with E-state index in [0.29, 0.717) is 13.1 Å². The third-order valence-corrected chi connectivity index (χ3v) is 4.19. The van der Waals surface area contributed by atoms with Gasteiger partial charge in [-0.05, 0) is 36.9 Å². The van der Waals surface area contributed by atoms with Crippen LogP contribution in [-0.4, -0.2) is 40.7 Å². The van der Waals surface area contributed by atoms with Crippen LogP contribution in [0.4, 0.5) is 0 Å². The van der Waals surface area contributed by atoms with Gasteiger partial charge in [-0.15, -0.1) is 0 Å². The van der Waals surface area contributed by atoms with Gasteiger partial charge in [0, 0.05) is 13.1 Å². The molecule has 2 rings (SSSR count). The highest BCUT2D eigenvalue weighted by molar-refractivity contribution is 5.70. The van der Waals surface area contributed by atoms with Crippen LogP contribution in [0.25, 0.3) is 0 Å². The van der Waals surface area contributed by atoms with E-state index in [1.54, 1.807) is 0 Å². The van der Waals surface area contributed by atoms with Crippen molar-refractivity contribution in [3.05, 3.63) is 35.4 Å². The number of β-amino-alcohol motifs (C(OH)–C–C–N with tert-alkyl or cyclic N) is 1. The van der Waals surface area contributed by atoms with Crippen LogP contribution in [0.1, 0.15) is 43.4 Å². The normalized spacial score (nSPS) is 21.1. The van der Waals surface area contributed by atoms with Gasteiger partial charge in [-0.25, -0.2) is 0 Å². The molecule has 0 bridgehead atoms. The van der Waals surface area contributed by atoms with Crippen LogP contribution in [0.5, 0.6) is 0 Å². The number of aliphatic hydroxyl groups excluding tert-OH is 1. The lowest BCUT2D eigenvalue weighted by atomic mass is 9.97. The maximum Gasteiger partial charge on any atom is 0.307 e. The summed E-state index contributed by atoms with van der Waals surface area (Å²) in [6.07, 6.45) is 3.26. The van der Waals surface area contributed by atoms with Crippen molar-refractivity contribution in [2.75, 3.05) is 19.6 Å². The lowest BCUT2D eigenvalue weighted by molar-refractivity contribution is -0.143. The minimum Gasteiger partial charge on any atom is -0.481 e. The average molecular weight is 291 g/mol. The van der Waals surface area contributed by atoms with Gasteiger partial charge >= 0.3 is 5.97 Å². The second-order valence-electron chi connectivity index (χ2n) is 5.94. The van der Waals surface area contributed by atoms with Crippen LogP contribution in [0.15, 0.2) is 24.3 Å². The third kappa shape index (κ3) is 4.55. The molecule has 1 saturated heterocycles. The quantitative estimate of drug-likeness (QED) is 0.845. The Balaban J connectivity index is 1.91. The van der Waals surface area contributed by atoms with E-state index < -0.39 is 12.1 Å². The molecule has 2 unspecified atom stereocenters. The van der Waals surface area contributed by atoms with Crippen molar-refractivity contribution >= 4 is 5.97 Å². The monoisotopic (exact) mass is 291 g/mol. The van der Waals surface area contributed by atoms with Gasteiger partial charge in [0.05, 0.1) is 12.0 Å². The van der Waals surface area contributed by atoms with E-state index in [9.17, 15) is 9.90 Å². The maximum atomic E-state index is 11.1. The lowest BCUT2D eigenvalue weighted by Gasteiger charge is -2.32. The van der Waals surface area contributed by atoms with Crippen LogP contribution in [-0.2, 0) is 11.2 Å². The molecule has 0 spiro atoms. The Bertz CT molecular complexity index is 458. The number of carboxylic acids is 1. The zero-order valence-corrected chi connectivity index (χ0v) is 12.7. The van der Waals surface area contributed by atoms with E-state index in [-0.39, 0.29) is 5.92 Å². The average Bonchev–Trinajstić information content (AvgIpc) is 2.48. The van der Waals surface area contributed by atoms with Crippen molar-refractivity contribution in [2.24, 2.45) is 5.92 Å². The first-order valence-electron chi connectivity index (χ1n) is 7.82. The zero-order chi connectivity index (χ0) is 15.2. The number of hydrogen-bond donors (Lipinski definition) is 2. The fourth-order valence-corrected chi connectivity index (χ4v) is 2.97. The number of piperidine rings is 1. The summed E-state index contributed by atoms with van der Waals surface area (Å²) in [5, 5.41) is 19.4. The Kier molecular flexibility index (Phi) is 5.76. The van der Waals surface area contributed by atoms with Gasteiger partial charge in [0.15, 0.2) is 0 Å². The van der Waals surface area contributed by atoms with E-state index in [2.05, 4.69) is 24.0 Å². The number of likely N-dealkylation sites (tertiary alicyclic amines) is 1. The number of hydrogen-bond acceptors (Lipinski definition) is 3. The summed E-state index contributed by atoms with van der Waals surface area (Å²) in [6, 6.07) is 8.10. The van der Waals surface area contributed by atoms with Gasteiger partial charge in [-0.3, -0.25) is 9.69 Å². The zero-order valence-electron chi connectivity index (χ0n) is 12.7. The minimum absolute atomic E-state index is 0.294. The maximum absolute atomic E-state index is 11.1. The Hall–Kier alpha value is -1.39. The molecule has 21 heavy (non-hydrogen) atoms. The number of aryl methyl sites for hydroxylation is 1. The molecule has 4 heteroatoms. The molecular formula is C17H25NO3. The molecule has 0 amide bonds. The molecule has 2 atom stereocenters. The molecule has 1 heterocycles. The van der Waals surface area contributed by atoms with Crippen LogP contribution in [0.3, 0.4) is 0 Å². The molecule has 2 N–H and O–H groups in total. The molecule has 1 aromatic rings. The van der Waals surface area contributed by atoms with Gasteiger partial charge in [0.1, 0.15) is 0 Å². The Morgan fingerprint density at radius 1 is 1.38 bits per heavy atom. The molecule has 0 radical (unpaired) electrons. The number of aliphatic carboxylic acids is 1. The van der Waals surface area contributed by atoms with E-state index in [0.717, 1.165) is 37.8 Å². The van der Waals surface area contributed by atoms with Crippen molar-refractivity contribution < 1.29 is 15.0 Å². The topological polar surface area (TPSA) is 60.8 Å². The van der Waals surface area contributed by atoms with Crippen molar-refractivity contribution in [1.82, 2.24) is 4.90 Å². The second kappa shape index (κ2) is 7.57. The van der Waals surface area contributed by atoms with Gasteiger partial charge < -0.3 is 10.2 Å². The fourth-order valence-electron chi connectivity index (χ4n) is 2.97. The van der Waals surface area contributed by atoms with Crippen LogP contribution in [0.2, 0.25) is 0 Å².